The maximum absolute atomic E-state index is 12.4. The molecule has 1 aliphatic rings. The molecule has 3 rings (SSSR count). The van der Waals surface area contributed by atoms with Crippen molar-refractivity contribution < 1.29 is 9.59 Å². The molecule has 0 bridgehead atoms. The van der Waals surface area contributed by atoms with Gasteiger partial charge in [0.15, 0.2) is 0 Å². The van der Waals surface area contributed by atoms with E-state index in [4.69, 9.17) is 0 Å². The van der Waals surface area contributed by atoms with E-state index in [2.05, 4.69) is 10.4 Å². The van der Waals surface area contributed by atoms with E-state index >= 15 is 0 Å². The first-order valence-corrected chi connectivity index (χ1v) is 8.45. The summed E-state index contributed by atoms with van der Waals surface area (Å²) in [6.07, 6.45) is 8.38. The summed E-state index contributed by atoms with van der Waals surface area (Å²) in [5.41, 5.74) is 2.06. The molecule has 0 fully saturated rings. The average Bonchev–Trinajstić information content (AvgIpc) is 3.12. The van der Waals surface area contributed by atoms with Crippen LogP contribution in [-0.4, -0.2) is 33.0 Å². The fourth-order valence-corrected chi connectivity index (χ4v) is 3.06. The highest BCUT2D eigenvalue weighted by Gasteiger charge is 2.27. The minimum absolute atomic E-state index is 0.0539. The molecule has 1 aromatic carbocycles. The van der Waals surface area contributed by atoms with Gasteiger partial charge in [-0.05, 0) is 29.7 Å². The third-order valence-corrected chi connectivity index (χ3v) is 4.29. The normalized spacial score (nSPS) is 15.7. The van der Waals surface area contributed by atoms with Gasteiger partial charge in [-0.1, -0.05) is 24.3 Å². The second kappa shape index (κ2) is 7.79. The maximum Gasteiger partial charge on any atom is 0.223 e. The van der Waals surface area contributed by atoms with Crippen LogP contribution in [0, 0.1) is 0 Å². The van der Waals surface area contributed by atoms with Crippen molar-refractivity contribution in [3.8, 4) is 0 Å². The molecule has 6 nitrogen and oxygen atoms in total. The van der Waals surface area contributed by atoms with Crippen LogP contribution in [0.5, 0.6) is 0 Å². The minimum Gasteiger partial charge on any atom is -0.356 e. The fourth-order valence-electron chi connectivity index (χ4n) is 3.06. The van der Waals surface area contributed by atoms with Crippen LogP contribution in [0.1, 0.15) is 36.9 Å². The Kier molecular flexibility index (Phi) is 5.28. The lowest BCUT2D eigenvalue weighted by molar-refractivity contribution is -0.129. The molecule has 1 N–H and O–H groups in total. The molecule has 1 aromatic heterocycles. The van der Waals surface area contributed by atoms with Gasteiger partial charge in [-0.2, -0.15) is 5.10 Å². The van der Waals surface area contributed by atoms with Gasteiger partial charge in [0.25, 0.3) is 0 Å². The molecule has 2 heterocycles. The smallest absolute Gasteiger partial charge is 0.223 e. The van der Waals surface area contributed by atoms with Gasteiger partial charge in [-0.25, -0.2) is 0 Å². The van der Waals surface area contributed by atoms with Crippen molar-refractivity contribution in [2.45, 2.75) is 32.4 Å². The summed E-state index contributed by atoms with van der Waals surface area (Å²) in [6, 6.07) is 9.49. The van der Waals surface area contributed by atoms with Crippen LogP contribution in [0.3, 0.4) is 0 Å². The van der Waals surface area contributed by atoms with Crippen molar-refractivity contribution in [3.05, 3.63) is 60.1 Å². The number of hydrogen-bond acceptors (Lipinski definition) is 3. The molecule has 1 aliphatic heterocycles. The van der Waals surface area contributed by atoms with E-state index in [0.29, 0.717) is 6.54 Å². The summed E-state index contributed by atoms with van der Waals surface area (Å²) in [7, 11) is 0. The SMILES string of the molecule is CC(=O)N1C=Cc2ccccc2C1CC(=O)NCCCn1cccn1. The van der Waals surface area contributed by atoms with Crippen molar-refractivity contribution in [2.24, 2.45) is 0 Å². The highest BCUT2D eigenvalue weighted by Crippen LogP contribution is 2.32. The maximum atomic E-state index is 12.4. The van der Waals surface area contributed by atoms with Crippen LogP contribution >= 0.6 is 0 Å². The minimum atomic E-state index is -0.259. The number of carbonyl (C=O) groups is 2. The van der Waals surface area contributed by atoms with Crippen LogP contribution in [0.15, 0.2) is 48.9 Å². The molecule has 2 amide bonds. The summed E-state index contributed by atoms with van der Waals surface area (Å²) in [5, 5.41) is 7.07. The summed E-state index contributed by atoms with van der Waals surface area (Å²) < 4.78 is 1.84. The molecule has 2 aromatic rings. The van der Waals surface area contributed by atoms with Crippen molar-refractivity contribution in [1.29, 1.82) is 0 Å². The second-order valence-corrected chi connectivity index (χ2v) is 6.06. The standard InChI is InChI=1S/C19H22N4O2/c1-15(24)23-13-8-16-6-2-3-7-17(16)18(23)14-19(25)20-9-4-11-22-12-5-10-21-22/h2-3,5-8,10,12-13,18H,4,9,11,14H2,1H3,(H,20,25). The molecular weight excluding hydrogens is 316 g/mol. The van der Waals surface area contributed by atoms with Crippen LogP contribution in [0.4, 0.5) is 0 Å². The first kappa shape index (κ1) is 17.0. The molecule has 130 valence electrons. The van der Waals surface area contributed by atoms with E-state index in [9.17, 15) is 9.59 Å². The van der Waals surface area contributed by atoms with Crippen LogP contribution in [-0.2, 0) is 16.1 Å². The van der Waals surface area contributed by atoms with E-state index in [1.54, 1.807) is 17.3 Å². The van der Waals surface area contributed by atoms with Crippen LogP contribution in [0.2, 0.25) is 0 Å². The first-order valence-electron chi connectivity index (χ1n) is 8.45. The summed E-state index contributed by atoms with van der Waals surface area (Å²) in [5.74, 6) is -0.121. The number of aromatic nitrogens is 2. The molecule has 0 radical (unpaired) electrons. The Labute approximate surface area is 147 Å². The molecule has 0 aliphatic carbocycles. The highest BCUT2D eigenvalue weighted by molar-refractivity contribution is 5.81. The number of aryl methyl sites for hydroxylation is 1. The number of rotatable bonds is 6. The average molecular weight is 338 g/mol. The number of nitrogens with zero attached hydrogens (tertiary/aromatic N) is 3. The highest BCUT2D eigenvalue weighted by atomic mass is 16.2. The fraction of sp³-hybridized carbons (Fsp3) is 0.316. The quantitative estimate of drug-likeness (QED) is 0.822. The van der Waals surface area contributed by atoms with Gasteiger partial charge in [0, 0.05) is 38.6 Å². The third kappa shape index (κ3) is 4.15. The molecule has 0 saturated heterocycles. The molecule has 25 heavy (non-hydrogen) atoms. The van der Waals surface area contributed by atoms with Crippen LogP contribution < -0.4 is 5.32 Å². The topological polar surface area (TPSA) is 67.2 Å². The lowest BCUT2D eigenvalue weighted by Crippen LogP contribution is -2.35. The first-order chi connectivity index (χ1) is 12.1. The number of hydrogen-bond donors (Lipinski definition) is 1. The Bertz CT molecular complexity index is 767. The molecular formula is C19H22N4O2. The summed E-state index contributed by atoms with van der Waals surface area (Å²) in [6.45, 7) is 2.87. The number of fused-ring (bicyclic) bond motifs is 1. The summed E-state index contributed by atoms with van der Waals surface area (Å²) >= 11 is 0. The molecule has 1 unspecified atom stereocenters. The van der Waals surface area contributed by atoms with Crippen molar-refractivity contribution in [2.75, 3.05) is 6.54 Å². The van der Waals surface area contributed by atoms with E-state index in [-0.39, 0.29) is 24.3 Å². The Hall–Kier alpha value is -2.89. The zero-order valence-corrected chi connectivity index (χ0v) is 14.3. The Morgan fingerprint density at radius 1 is 1.24 bits per heavy atom. The molecule has 1 atom stereocenters. The van der Waals surface area contributed by atoms with Gasteiger partial charge in [0.2, 0.25) is 11.8 Å². The molecule has 0 spiro atoms. The zero-order chi connectivity index (χ0) is 17.6. The predicted octanol–water partition coefficient (Wildman–Crippen LogP) is 2.35. The number of amides is 2. The monoisotopic (exact) mass is 338 g/mol. The van der Waals surface area contributed by atoms with Gasteiger partial charge >= 0.3 is 0 Å². The molecule has 0 saturated carbocycles. The van der Waals surface area contributed by atoms with Gasteiger partial charge < -0.3 is 10.2 Å². The summed E-state index contributed by atoms with van der Waals surface area (Å²) in [4.78, 5) is 25.9. The van der Waals surface area contributed by atoms with Crippen molar-refractivity contribution in [3.63, 3.8) is 0 Å². The van der Waals surface area contributed by atoms with Crippen LogP contribution in [0.25, 0.3) is 6.08 Å². The third-order valence-electron chi connectivity index (χ3n) is 4.29. The van der Waals surface area contributed by atoms with Gasteiger partial charge in [-0.3, -0.25) is 14.3 Å². The van der Waals surface area contributed by atoms with E-state index in [1.165, 1.54) is 6.92 Å². The van der Waals surface area contributed by atoms with E-state index < -0.39 is 0 Å². The van der Waals surface area contributed by atoms with Gasteiger partial charge in [0.1, 0.15) is 0 Å². The lowest BCUT2D eigenvalue weighted by Gasteiger charge is -2.32. The lowest BCUT2D eigenvalue weighted by atomic mass is 9.93. The number of nitrogens with one attached hydrogen (secondary N) is 1. The largest absolute Gasteiger partial charge is 0.356 e. The second-order valence-electron chi connectivity index (χ2n) is 6.06. The van der Waals surface area contributed by atoms with Gasteiger partial charge in [-0.15, -0.1) is 0 Å². The Morgan fingerprint density at radius 3 is 2.84 bits per heavy atom. The Balaban J connectivity index is 1.58. The van der Waals surface area contributed by atoms with E-state index in [1.807, 2.05) is 47.3 Å². The Morgan fingerprint density at radius 2 is 2.08 bits per heavy atom. The predicted molar refractivity (Wildman–Crippen MR) is 95.2 cm³/mol. The molecule has 6 heteroatoms. The van der Waals surface area contributed by atoms with Crippen molar-refractivity contribution >= 4 is 17.9 Å². The number of benzene rings is 1. The van der Waals surface area contributed by atoms with Crippen molar-refractivity contribution in [1.82, 2.24) is 20.0 Å². The zero-order valence-electron chi connectivity index (χ0n) is 14.3. The van der Waals surface area contributed by atoms with Gasteiger partial charge in [0.05, 0.1) is 12.5 Å². The van der Waals surface area contributed by atoms with E-state index in [0.717, 1.165) is 24.1 Å². The number of carbonyl (C=O) groups excluding carboxylic acids is 2.